The van der Waals surface area contributed by atoms with E-state index in [2.05, 4.69) is 58.2 Å². The first kappa shape index (κ1) is 14.2. The van der Waals surface area contributed by atoms with Gasteiger partial charge in [-0.2, -0.15) is 4.57 Å². The Morgan fingerprint density at radius 1 is 1.04 bits per heavy atom. The quantitative estimate of drug-likeness (QED) is 0.581. The van der Waals surface area contributed by atoms with Crippen molar-refractivity contribution in [1.82, 2.24) is 4.98 Å². The highest BCUT2D eigenvalue weighted by atomic mass is 16.5. The molecule has 0 saturated carbocycles. The van der Waals surface area contributed by atoms with E-state index in [1.807, 2.05) is 7.05 Å². The summed E-state index contributed by atoms with van der Waals surface area (Å²) in [4.78, 5) is 7.18. The van der Waals surface area contributed by atoms with Gasteiger partial charge in [-0.25, -0.2) is 4.98 Å². The molecule has 4 rings (SSSR count). The molecule has 0 unspecified atom stereocenters. The van der Waals surface area contributed by atoms with E-state index in [4.69, 9.17) is 9.72 Å². The van der Waals surface area contributed by atoms with Gasteiger partial charge in [0.1, 0.15) is 18.1 Å². The number of benzene rings is 2. The third-order valence-electron chi connectivity index (χ3n) is 4.56. The Kier molecular flexibility index (Phi) is 3.50. The number of aryl methyl sites for hydroxylation is 1. The molecule has 2 heterocycles. The predicted octanol–water partition coefficient (Wildman–Crippen LogP) is 2.09. The van der Waals surface area contributed by atoms with E-state index in [9.17, 15) is 0 Å². The van der Waals surface area contributed by atoms with Gasteiger partial charge in [0.05, 0.1) is 13.2 Å². The smallest absolute Gasteiger partial charge is 0.233 e. The Labute approximate surface area is 135 Å². The van der Waals surface area contributed by atoms with Gasteiger partial charge >= 0.3 is 0 Å². The van der Waals surface area contributed by atoms with Gasteiger partial charge in [-0.15, -0.1) is 0 Å². The number of ether oxygens (including phenoxy) is 1. The van der Waals surface area contributed by atoms with Crippen LogP contribution in [0.2, 0.25) is 0 Å². The minimum atomic E-state index is 0.797. The van der Waals surface area contributed by atoms with Crippen LogP contribution in [-0.2, 0) is 11.8 Å². The van der Waals surface area contributed by atoms with Crippen LogP contribution in [0.15, 0.2) is 36.4 Å². The fourth-order valence-electron chi connectivity index (χ4n) is 3.19. The SMILES string of the molecule is CNc1ccc2nc3ccc(N4CCOCC4)cc3[n+](C)c2c1. The van der Waals surface area contributed by atoms with Gasteiger partial charge in [0.15, 0.2) is 0 Å². The molecule has 2 aromatic carbocycles. The summed E-state index contributed by atoms with van der Waals surface area (Å²) in [7, 11) is 4.04. The minimum Gasteiger partial charge on any atom is -0.388 e. The molecular weight excluding hydrogens is 288 g/mol. The number of hydrogen-bond donors (Lipinski definition) is 1. The first-order chi connectivity index (χ1) is 11.3. The second-order valence-corrected chi connectivity index (χ2v) is 5.90. The fraction of sp³-hybridized carbons (Fsp3) is 0.333. The monoisotopic (exact) mass is 309 g/mol. The highest BCUT2D eigenvalue weighted by molar-refractivity contribution is 5.85. The molecule has 0 aliphatic carbocycles. The van der Waals surface area contributed by atoms with Crippen LogP contribution < -0.4 is 14.8 Å². The highest BCUT2D eigenvalue weighted by Crippen LogP contribution is 2.23. The number of anilines is 2. The molecule has 118 valence electrons. The standard InChI is InChI=1S/C18H20N4O/c1-19-13-3-5-15-17(11-13)21(2)18-12-14(4-6-16(18)20-15)22-7-9-23-10-8-22/h3-6,11-12H,7-10H2,1-2H3/p+1. The lowest BCUT2D eigenvalue weighted by Crippen LogP contribution is -2.36. The molecule has 1 fully saturated rings. The molecule has 1 aliphatic heterocycles. The van der Waals surface area contributed by atoms with Crippen LogP contribution in [0.4, 0.5) is 11.4 Å². The zero-order chi connectivity index (χ0) is 15.8. The normalized spacial score (nSPS) is 15.3. The Hall–Kier alpha value is -2.40. The largest absolute Gasteiger partial charge is 0.388 e. The van der Waals surface area contributed by atoms with Gasteiger partial charge in [0, 0.05) is 43.6 Å². The predicted molar refractivity (Wildman–Crippen MR) is 93.0 cm³/mol. The van der Waals surface area contributed by atoms with Crippen molar-refractivity contribution in [2.75, 3.05) is 43.6 Å². The lowest BCUT2D eigenvalue weighted by molar-refractivity contribution is -0.617. The van der Waals surface area contributed by atoms with E-state index in [1.54, 1.807) is 0 Å². The van der Waals surface area contributed by atoms with Crippen LogP contribution >= 0.6 is 0 Å². The number of fused-ring (bicyclic) bond motifs is 2. The summed E-state index contributed by atoms with van der Waals surface area (Å²) in [6.45, 7) is 3.48. The van der Waals surface area contributed by atoms with E-state index < -0.39 is 0 Å². The Morgan fingerprint density at radius 3 is 2.48 bits per heavy atom. The summed E-state index contributed by atoms with van der Waals surface area (Å²) in [5, 5.41) is 3.19. The average molecular weight is 309 g/mol. The summed E-state index contributed by atoms with van der Waals surface area (Å²) in [6, 6.07) is 12.8. The molecule has 0 amide bonds. The van der Waals surface area contributed by atoms with Crippen LogP contribution in [0.25, 0.3) is 22.1 Å². The maximum Gasteiger partial charge on any atom is 0.233 e. The number of nitrogens with one attached hydrogen (secondary N) is 1. The molecule has 5 heteroatoms. The summed E-state index contributed by atoms with van der Waals surface area (Å²) >= 11 is 0. The molecule has 1 N–H and O–H groups in total. The van der Waals surface area contributed by atoms with Crippen molar-refractivity contribution in [3.8, 4) is 0 Å². The number of hydrogen-bond acceptors (Lipinski definition) is 4. The molecular formula is C18H21N4O+. The van der Waals surface area contributed by atoms with Gasteiger partial charge in [-0.3, -0.25) is 0 Å². The zero-order valence-corrected chi connectivity index (χ0v) is 13.5. The third-order valence-corrected chi connectivity index (χ3v) is 4.56. The molecule has 0 atom stereocenters. The van der Waals surface area contributed by atoms with Crippen molar-refractivity contribution in [2.24, 2.45) is 7.05 Å². The topological polar surface area (TPSA) is 41.3 Å². The van der Waals surface area contributed by atoms with Crippen molar-refractivity contribution in [1.29, 1.82) is 0 Å². The van der Waals surface area contributed by atoms with E-state index in [0.717, 1.165) is 54.1 Å². The molecule has 0 spiro atoms. The lowest BCUT2D eigenvalue weighted by atomic mass is 10.2. The van der Waals surface area contributed by atoms with Crippen molar-refractivity contribution in [3.63, 3.8) is 0 Å². The maximum atomic E-state index is 5.45. The Bertz CT molecular complexity index is 872. The van der Waals surface area contributed by atoms with Gasteiger partial charge in [0.2, 0.25) is 11.0 Å². The average Bonchev–Trinajstić information content (AvgIpc) is 2.62. The van der Waals surface area contributed by atoms with Crippen LogP contribution in [0.1, 0.15) is 0 Å². The molecule has 1 aliphatic rings. The zero-order valence-electron chi connectivity index (χ0n) is 13.5. The minimum absolute atomic E-state index is 0.797. The Morgan fingerprint density at radius 2 is 1.74 bits per heavy atom. The van der Waals surface area contributed by atoms with Gasteiger partial charge in [-0.1, -0.05) is 0 Å². The number of rotatable bonds is 2. The van der Waals surface area contributed by atoms with Gasteiger partial charge in [-0.05, 0) is 24.3 Å². The first-order valence-electron chi connectivity index (χ1n) is 8.00. The van der Waals surface area contributed by atoms with Crippen molar-refractivity contribution >= 4 is 33.4 Å². The van der Waals surface area contributed by atoms with Crippen LogP contribution in [-0.4, -0.2) is 38.3 Å². The third kappa shape index (κ3) is 2.47. The van der Waals surface area contributed by atoms with E-state index in [-0.39, 0.29) is 0 Å². The number of nitrogens with zero attached hydrogens (tertiary/aromatic N) is 3. The molecule has 0 radical (unpaired) electrons. The molecule has 3 aromatic rings. The fourth-order valence-corrected chi connectivity index (χ4v) is 3.19. The summed E-state index contributed by atoms with van der Waals surface area (Å²) in [6.07, 6.45) is 0. The van der Waals surface area contributed by atoms with Crippen molar-refractivity contribution in [2.45, 2.75) is 0 Å². The Balaban J connectivity index is 1.88. The summed E-state index contributed by atoms with van der Waals surface area (Å²) < 4.78 is 7.67. The lowest BCUT2D eigenvalue weighted by Gasteiger charge is -2.28. The summed E-state index contributed by atoms with van der Waals surface area (Å²) in [5.74, 6) is 0. The molecule has 1 aromatic heterocycles. The van der Waals surface area contributed by atoms with E-state index >= 15 is 0 Å². The number of aromatic nitrogens is 2. The van der Waals surface area contributed by atoms with Crippen molar-refractivity contribution in [3.05, 3.63) is 36.4 Å². The van der Waals surface area contributed by atoms with Crippen LogP contribution in [0, 0.1) is 0 Å². The van der Waals surface area contributed by atoms with Gasteiger partial charge in [0.25, 0.3) is 0 Å². The van der Waals surface area contributed by atoms with Crippen molar-refractivity contribution < 1.29 is 9.30 Å². The highest BCUT2D eigenvalue weighted by Gasteiger charge is 2.17. The van der Waals surface area contributed by atoms with Gasteiger partial charge < -0.3 is 15.0 Å². The van der Waals surface area contributed by atoms with E-state index in [0.29, 0.717) is 0 Å². The summed E-state index contributed by atoms with van der Waals surface area (Å²) in [5.41, 5.74) is 6.64. The van der Waals surface area contributed by atoms with E-state index in [1.165, 1.54) is 5.69 Å². The maximum absolute atomic E-state index is 5.45. The first-order valence-corrected chi connectivity index (χ1v) is 8.00. The molecule has 5 nitrogen and oxygen atoms in total. The second-order valence-electron chi connectivity index (χ2n) is 5.90. The molecule has 0 bridgehead atoms. The molecule has 23 heavy (non-hydrogen) atoms. The molecule has 1 saturated heterocycles. The second kappa shape index (κ2) is 5.66. The number of morpholine rings is 1. The van der Waals surface area contributed by atoms with Crippen LogP contribution in [0.5, 0.6) is 0 Å². The van der Waals surface area contributed by atoms with Crippen LogP contribution in [0.3, 0.4) is 0 Å².